The number of rotatable bonds is 6. The fourth-order valence-corrected chi connectivity index (χ4v) is 2.90. The molecule has 2 unspecified atom stereocenters. The molecule has 0 spiro atoms. The molecule has 3 heteroatoms. The van der Waals surface area contributed by atoms with Crippen molar-refractivity contribution < 1.29 is 4.39 Å². The Morgan fingerprint density at radius 2 is 2.19 bits per heavy atom. The molecule has 0 saturated heterocycles. The van der Waals surface area contributed by atoms with Crippen molar-refractivity contribution in [1.29, 1.82) is 0 Å². The van der Waals surface area contributed by atoms with Gasteiger partial charge in [0.15, 0.2) is 0 Å². The van der Waals surface area contributed by atoms with Crippen molar-refractivity contribution in [3.8, 4) is 0 Å². The van der Waals surface area contributed by atoms with Crippen LogP contribution in [0.15, 0.2) is 29.2 Å². The molecule has 2 N–H and O–H groups in total. The molecule has 0 amide bonds. The van der Waals surface area contributed by atoms with Crippen LogP contribution in [0.4, 0.5) is 4.39 Å². The standard InChI is InChI=1S/C13H20FNS/c1-3-5-10(2)13(9-15)16-12-7-4-6-11(14)8-12/h4,6-8,10,13H,3,5,9,15H2,1-2H3. The van der Waals surface area contributed by atoms with Gasteiger partial charge in [0.25, 0.3) is 0 Å². The van der Waals surface area contributed by atoms with Crippen molar-refractivity contribution in [1.82, 2.24) is 0 Å². The summed E-state index contributed by atoms with van der Waals surface area (Å²) in [6.45, 7) is 5.03. The monoisotopic (exact) mass is 241 g/mol. The van der Waals surface area contributed by atoms with E-state index in [2.05, 4.69) is 13.8 Å². The van der Waals surface area contributed by atoms with Crippen LogP contribution in [0.2, 0.25) is 0 Å². The summed E-state index contributed by atoms with van der Waals surface area (Å²) in [6.07, 6.45) is 2.34. The number of benzene rings is 1. The number of halogens is 1. The van der Waals surface area contributed by atoms with Crippen molar-refractivity contribution >= 4 is 11.8 Å². The predicted octanol–water partition coefficient (Wildman–Crippen LogP) is 3.68. The molecule has 0 aliphatic carbocycles. The highest BCUT2D eigenvalue weighted by Gasteiger charge is 2.16. The summed E-state index contributed by atoms with van der Waals surface area (Å²) < 4.78 is 13.0. The fourth-order valence-electron chi connectivity index (χ4n) is 1.75. The minimum absolute atomic E-state index is 0.177. The molecule has 16 heavy (non-hydrogen) atoms. The molecule has 2 atom stereocenters. The molecular formula is C13H20FNS. The summed E-state index contributed by atoms with van der Waals surface area (Å²) in [6, 6.07) is 6.73. The average molecular weight is 241 g/mol. The van der Waals surface area contributed by atoms with E-state index in [-0.39, 0.29) is 5.82 Å². The van der Waals surface area contributed by atoms with Crippen LogP contribution in [0.1, 0.15) is 26.7 Å². The SMILES string of the molecule is CCCC(C)C(CN)Sc1cccc(F)c1. The van der Waals surface area contributed by atoms with Crippen molar-refractivity contribution in [3.63, 3.8) is 0 Å². The Balaban J connectivity index is 2.62. The summed E-state index contributed by atoms with van der Waals surface area (Å²) in [5.41, 5.74) is 5.78. The maximum absolute atomic E-state index is 13.0. The maximum Gasteiger partial charge on any atom is 0.124 e. The van der Waals surface area contributed by atoms with Gasteiger partial charge >= 0.3 is 0 Å². The van der Waals surface area contributed by atoms with Gasteiger partial charge in [-0.2, -0.15) is 0 Å². The van der Waals surface area contributed by atoms with Crippen molar-refractivity contribution in [2.45, 2.75) is 36.8 Å². The number of nitrogens with two attached hydrogens (primary N) is 1. The van der Waals surface area contributed by atoms with E-state index >= 15 is 0 Å². The third-order valence-corrected chi connectivity index (χ3v) is 4.18. The average Bonchev–Trinajstić information content (AvgIpc) is 2.26. The van der Waals surface area contributed by atoms with E-state index in [9.17, 15) is 4.39 Å². The van der Waals surface area contributed by atoms with E-state index in [0.717, 1.165) is 4.90 Å². The van der Waals surface area contributed by atoms with Crippen LogP contribution in [0.3, 0.4) is 0 Å². The number of thioether (sulfide) groups is 1. The van der Waals surface area contributed by atoms with E-state index in [1.54, 1.807) is 23.9 Å². The minimum Gasteiger partial charge on any atom is -0.329 e. The molecule has 0 heterocycles. The Labute approximate surface area is 102 Å². The van der Waals surface area contributed by atoms with Gasteiger partial charge in [-0.15, -0.1) is 11.8 Å². The molecule has 0 aliphatic heterocycles. The van der Waals surface area contributed by atoms with Crippen LogP contribution in [-0.2, 0) is 0 Å². The van der Waals surface area contributed by atoms with Gasteiger partial charge < -0.3 is 5.73 Å². The van der Waals surface area contributed by atoms with Gasteiger partial charge in [0.1, 0.15) is 5.82 Å². The van der Waals surface area contributed by atoms with E-state index in [4.69, 9.17) is 5.73 Å². The Bertz CT molecular complexity index is 317. The normalized spacial score (nSPS) is 14.8. The maximum atomic E-state index is 13.0. The Kier molecular flexibility index (Phi) is 5.85. The second-order valence-electron chi connectivity index (χ2n) is 4.12. The van der Waals surface area contributed by atoms with E-state index in [0.29, 0.717) is 17.7 Å². The molecule has 1 rings (SSSR count). The summed E-state index contributed by atoms with van der Waals surface area (Å²) >= 11 is 1.69. The lowest BCUT2D eigenvalue weighted by molar-refractivity contribution is 0.505. The van der Waals surface area contributed by atoms with Crippen molar-refractivity contribution in [2.75, 3.05) is 6.54 Å². The highest BCUT2D eigenvalue weighted by molar-refractivity contribution is 8.00. The number of hydrogen-bond donors (Lipinski definition) is 1. The highest BCUT2D eigenvalue weighted by atomic mass is 32.2. The minimum atomic E-state index is -0.177. The second-order valence-corrected chi connectivity index (χ2v) is 5.43. The molecular weight excluding hydrogens is 221 g/mol. The first-order chi connectivity index (χ1) is 7.67. The van der Waals surface area contributed by atoms with E-state index < -0.39 is 0 Å². The third-order valence-electron chi connectivity index (χ3n) is 2.69. The van der Waals surface area contributed by atoms with E-state index in [1.807, 2.05) is 6.07 Å². The molecule has 1 nitrogen and oxygen atoms in total. The fraction of sp³-hybridized carbons (Fsp3) is 0.538. The summed E-state index contributed by atoms with van der Waals surface area (Å²) in [5.74, 6) is 0.396. The topological polar surface area (TPSA) is 26.0 Å². The van der Waals surface area contributed by atoms with Gasteiger partial charge in [-0.3, -0.25) is 0 Å². The first-order valence-electron chi connectivity index (χ1n) is 5.79. The first-order valence-corrected chi connectivity index (χ1v) is 6.67. The highest BCUT2D eigenvalue weighted by Crippen LogP contribution is 2.29. The second kappa shape index (κ2) is 6.92. The van der Waals surface area contributed by atoms with Crippen LogP contribution in [-0.4, -0.2) is 11.8 Å². The van der Waals surface area contributed by atoms with Crippen LogP contribution in [0.5, 0.6) is 0 Å². The zero-order valence-corrected chi connectivity index (χ0v) is 10.8. The van der Waals surface area contributed by atoms with Crippen molar-refractivity contribution in [3.05, 3.63) is 30.1 Å². The van der Waals surface area contributed by atoms with Crippen LogP contribution in [0.25, 0.3) is 0 Å². The Morgan fingerprint density at radius 1 is 1.44 bits per heavy atom. The number of hydrogen-bond acceptors (Lipinski definition) is 2. The smallest absolute Gasteiger partial charge is 0.124 e. The summed E-state index contributed by atoms with van der Waals surface area (Å²) in [4.78, 5) is 0.971. The zero-order chi connectivity index (χ0) is 12.0. The van der Waals surface area contributed by atoms with Crippen LogP contribution >= 0.6 is 11.8 Å². The zero-order valence-electron chi connectivity index (χ0n) is 9.95. The lowest BCUT2D eigenvalue weighted by Gasteiger charge is -2.21. The van der Waals surface area contributed by atoms with Gasteiger partial charge in [-0.05, 0) is 30.5 Å². The molecule has 0 aromatic heterocycles. The molecule has 0 aliphatic rings. The van der Waals surface area contributed by atoms with Gasteiger partial charge in [-0.1, -0.05) is 26.3 Å². The van der Waals surface area contributed by atoms with Gasteiger partial charge in [0.2, 0.25) is 0 Å². The Hall–Kier alpha value is -0.540. The lowest BCUT2D eigenvalue weighted by Crippen LogP contribution is -2.24. The summed E-state index contributed by atoms with van der Waals surface area (Å²) in [7, 11) is 0. The Morgan fingerprint density at radius 3 is 2.75 bits per heavy atom. The predicted molar refractivity (Wildman–Crippen MR) is 69.2 cm³/mol. The molecule has 90 valence electrons. The molecule has 0 bridgehead atoms. The van der Waals surface area contributed by atoms with Gasteiger partial charge in [0.05, 0.1) is 0 Å². The first kappa shape index (κ1) is 13.5. The van der Waals surface area contributed by atoms with Crippen LogP contribution < -0.4 is 5.73 Å². The largest absolute Gasteiger partial charge is 0.329 e. The molecule has 1 aromatic carbocycles. The molecule has 0 fully saturated rings. The van der Waals surface area contributed by atoms with Gasteiger partial charge in [0, 0.05) is 16.7 Å². The molecule has 0 saturated carbocycles. The summed E-state index contributed by atoms with van der Waals surface area (Å²) in [5, 5.41) is 0.377. The van der Waals surface area contributed by atoms with Crippen molar-refractivity contribution in [2.24, 2.45) is 11.7 Å². The van der Waals surface area contributed by atoms with E-state index in [1.165, 1.54) is 18.9 Å². The third kappa shape index (κ3) is 4.14. The lowest BCUT2D eigenvalue weighted by atomic mass is 10.0. The quantitative estimate of drug-likeness (QED) is 0.769. The molecule has 1 aromatic rings. The van der Waals surface area contributed by atoms with Crippen LogP contribution in [0, 0.1) is 11.7 Å². The molecule has 0 radical (unpaired) electrons. The van der Waals surface area contributed by atoms with Gasteiger partial charge in [-0.25, -0.2) is 4.39 Å².